The molecule has 2 heterocycles. The number of hydrogen-bond acceptors (Lipinski definition) is 5. The van der Waals surface area contributed by atoms with Gasteiger partial charge in [-0.05, 0) is 38.1 Å². The van der Waals surface area contributed by atoms with Crippen molar-refractivity contribution in [2.75, 3.05) is 5.32 Å². The molecule has 5 nitrogen and oxygen atoms in total. The number of primary amides is 1. The van der Waals surface area contributed by atoms with Gasteiger partial charge in [-0.1, -0.05) is 24.3 Å². The van der Waals surface area contributed by atoms with Gasteiger partial charge in [0.2, 0.25) is 0 Å². The van der Waals surface area contributed by atoms with Crippen LogP contribution < -0.4 is 11.1 Å². The molecule has 2 aromatic heterocycles. The zero-order valence-corrected chi connectivity index (χ0v) is 15.1. The summed E-state index contributed by atoms with van der Waals surface area (Å²) in [4.78, 5) is 16.7. The van der Waals surface area contributed by atoms with Gasteiger partial charge < -0.3 is 16.2 Å². The summed E-state index contributed by atoms with van der Waals surface area (Å²) in [5, 5.41) is 13.6. The first-order valence-corrected chi connectivity index (χ1v) is 8.73. The molecule has 0 aliphatic carbocycles. The predicted molar refractivity (Wildman–Crippen MR) is 101 cm³/mol. The SMILES string of the molecule is CC(C)(O)c1cccc(Nc2sc(-c3ccccc3F)cc2C(N)=O)n1. The van der Waals surface area contributed by atoms with Crippen LogP contribution in [0.4, 0.5) is 15.2 Å². The fourth-order valence-electron chi connectivity index (χ4n) is 2.42. The van der Waals surface area contributed by atoms with Crippen LogP contribution in [-0.4, -0.2) is 16.0 Å². The van der Waals surface area contributed by atoms with Crippen molar-refractivity contribution < 1.29 is 14.3 Å². The lowest BCUT2D eigenvalue weighted by atomic mass is 10.1. The first-order valence-electron chi connectivity index (χ1n) is 7.91. The van der Waals surface area contributed by atoms with Crippen molar-refractivity contribution in [3.63, 3.8) is 0 Å². The number of carbonyl (C=O) groups is 1. The Morgan fingerprint density at radius 3 is 2.62 bits per heavy atom. The number of amides is 1. The predicted octanol–water partition coefficient (Wildman–Crippen LogP) is 4.02. The van der Waals surface area contributed by atoms with E-state index in [4.69, 9.17) is 5.73 Å². The Bertz CT molecular complexity index is 963. The maximum Gasteiger partial charge on any atom is 0.251 e. The number of pyridine rings is 1. The number of anilines is 2. The summed E-state index contributed by atoms with van der Waals surface area (Å²) >= 11 is 1.21. The van der Waals surface area contributed by atoms with Crippen LogP contribution in [-0.2, 0) is 5.60 Å². The lowest BCUT2D eigenvalue weighted by Crippen LogP contribution is -2.18. The third kappa shape index (κ3) is 3.74. The fraction of sp³-hybridized carbons (Fsp3) is 0.158. The molecule has 0 saturated heterocycles. The molecule has 0 atom stereocenters. The molecule has 1 amide bonds. The Balaban J connectivity index is 2.00. The van der Waals surface area contributed by atoms with Gasteiger partial charge in [0.15, 0.2) is 0 Å². The average Bonchev–Trinajstić information content (AvgIpc) is 2.98. The van der Waals surface area contributed by atoms with Crippen LogP contribution in [0.5, 0.6) is 0 Å². The molecular formula is C19H18FN3O2S. The van der Waals surface area contributed by atoms with Crippen molar-refractivity contribution in [2.45, 2.75) is 19.4 Å². The van der Waals surface area contributed by atoms with Gasteiger partial charge in [-0.15, -0.1) is 11.3 Å². The lowest BCUT2D eigenvalue weighted by molar-refractivity contribution is 0.0740. The second-order valence-electron chi connectivity index (χ2n) is 6.29. The van der Waals surface area contributed by atoms with Crippen LogP contribution in [0.15, 0.2) is 48.5 Å². The standard InChI is InChI=1S/C19H18FN3O2S/c1-19(2,25)15-8-5-9-16(22-15)23-18-12(17(21)24)10-14(26-18)11-6-3-4-7-13(11)20/h3-10,25H,1-2H3,(H2,21,24)(H,22,23). The number of hydrogen-bond donors (Lipinski definition) is 3. The van der Waals surface area contributed by atoms with E-state index in [1.165, 1.54) is 17.4 Å². The minimum Gasteiger partial charge on any atom is -0.384 e. The largest absolute Gasteiger partial charge is 0.384 e. The van der Waals surface area contributed by atoms with Crippen LogP contribution in [0.2, 0.25) is 0 Å². The van der Waals surface area contributed by atoms with Gasteiger partial charge in [0.25, 0.3) is 5.91 Å². The third-order valence-corrected chi connectivity index (χ3v) is 4.84. The summed E-state index contributed by atoms with van der Waals surface area (Å²) < 4.78 is 14.1. The van der Waals surface area contributed by atoms with Crippen LogP contribution >= 0.6 is 11.3 Å². The quantitative estimate of drug-likeness (QED) is 0.632. The molecule has 0 aliphatic rings. The zero-order chi connectivity index (χ0) is 18.9. The molecule has 0 radical (unpaired) electrons. The summed E-state index contributed by atoms with van der Waals surface area (Å²) in [7, 11) is 0. The number of nitrogens with zero attached hydrogens (tertiary/aromatic N) is 1. The average molecular weight is 371 g/mol. The number of nitrogens with two attached hydrogens (primary N) is 1. The summed E-state index contributed by atoms with van der Waals surface area (Å²) in [6.07, 6.45) is 0. The minimum atomic E-state index is -1.10. The van der Waals surface area contributed by atoms with Gasteiger partial charge in [0.05, 0.1) is 11.3 Å². The van der Waals surface area contributed by atoms with Crippen molar-refractivity contribution in [3.05, 3.63) is 65.6 Å². The molecule has 4 N–H and O–H groups in total. The van der Waals surface area contributed by atoms with E-state index in [0.717, 1.165) is 0 Å². The number of benzene rings is 1. The Hall–Kier alpha value is -2.77. The number of aliphatic hydroxyl groups is 1. The first-order chi connectivity index (χ1) is 12.3. The second kappa shape index (κ2) is 6.86. The molecule has 1 aromatic carbocycles. The normalized spacial score (nSPS) is 11.4. The molecule has 7 heteroatoms. The maximum absolute atomic E-state index is 14.1. The maximum atomic E-state index is 14.1. The topological polar surface area (TPSA) is 88.2 Å². The number of rotatable bonds is 5. The van der Waals surface area contributed by atoms with E-state index in [0.29, 0.717) is 27.0 Å². The zero-order valence-electron chi connectivity index (χ0n) is 14.3. The van der Waals surface area contributed by atoms with Gasteiger partial charge in [-0.3, -0.25) is 4.79 Å². The van der Waals surface area contributed by atoms with Crippen LogP contribution in [0.3, 0.4) is 0 Å². The second-order valence-corrected chi connectivity index (χ2v) is 7.34. The van der Waals surface area contributed by atoms with E-state index >= 15 is 0 Å². The summed E-state index contributed by atoms with van der Waals surface area (Å²) in [5.74, 6) is -0.544. The molecule has 3 aromatic rings. The number of aromatic nitrogens is 1. The molecular weight excluding hydrogens is 353 g/mol. The highest BCUT2D eigenvalue weighted by Gasteiger charge is 2.20. The number of carbonyl (C=O) groups excluding carboxylic acids is 1. The van der Waals surface area contributed by atoms with E-state index in [1.54, 1.807) is 56.3 Å². The summed E-state index contributed by atoms with van der Waals surface area (Å²) in [6.45, 7) is 3.27. The van der Waals surface area contributed by atoms with Gasteiger partial charge in [0.1, 0.15) is 22.2 Å². The van der Waals surface area contributed by atoms with E-state index in [9.17, 15) is 14.3 Å². The monoisotopic (exact) mass is 371 g/mol. The van der Waals surface area contributed by atoms with Crippen molar-refractivity contribution in [3.8, 4) is 10.4 Å². The Kier molecular flexibility index (Phi) is 4.76. The highest BCUT2D eigenvalue weighted by Crippen LogP contribution is 2.37. The molecule has 0 fully saturated rings. The Morgan fingerprint density at radius 2 is 1.96 bits per heavy atom. The Labute approximate surface area is 154 Å². The van der Waals surface area contributed by atoms with E-state index in [1.807, 2.05) is 0 Å². The van der Waals surface area contributed by atoms with Crippen LogP contribution in [0.25, 0.3) is 10.4 Å². The molecule has 0 saturated carbocycles. The molecule has 3 rings (SSSR count). The van der Waals surface area contributed by atoms with Crippen molar-refractivity contribution in [1.29, 1.82) is 0 Å². The fourth-order valence-corrected chi connectivity index (χ4v) is 3.52. The van der Waals surface area contributed by atoms with Crippen molar-refractivity contribution in [2.24, 2.45) is 5.73 Å². The third-order valence-electron chi connectivity index (χ3n) is 3.75. The van der Waals surface area contributed by atoms with Gasteiger partial charge in [-0.25, -0.2) is 9.37 Å². The highest BCUT2D eigenvalue weighted by molar-refractivity contribution is 7.19. The molecule has 0 unspecified atom stereocenters. The van der Waals surface area contributed by atoms with Crippen LogP contribution in [0, 0.1) is 5.82 Å². The van der Waals surface area contributed by atoms with E-state index < -0.39 is 11.5 Å². The molecule has 0 aliphatic heterocycles. The van der Waals surface area contributed by atoms with Gasteiger partial charge in [0, 0.05) is 10.4 Å². The van der Waals surface area contributed by atoms with Gasteiger partial charge in [-0.2, -0.15) is 0 Å². The number of thiophene rings is 1. The Morgan fingerprint density at radius 1 is 1.23 bits per heavy atom. The molecule has 0 bridgehead atoms. The molecule has 0 spiro atoms. The highest BCUT2D eigenvalue weighted by atomic mass is 32.1. The molecule has 26 heavy (non-hydrogen) atoms. The van der Waals surface area contributed by atoms with Crippen LogP contribution in [0.1, 0.15) is 29.9 Å². The number of halogens is 1. The van der Waals surface area contributed by atoms with Crippen molar-refractivity contribution >= 4 is 28.1 Å². The van der Waals surface area contributed by atoms with E-state index in [2.05, 4.69) is 10.3 Å². The summed E-state index contributed by atoms with van der Waals surface area (Å²) in [5.41, 5.74) is 5.50. The number of nitrogens with one attached hydrogen (secondary N) is 1. The first kappa shape index (κ1) is 18.0. The van der Waals surface area contributed by atoms with E-state index in [-0.39, 0.29) is 11.4 Å². The lowest BCUT2D eigenvalue weighted by Gasteiger charge is -2.17. The molecule has 134 valence electrons. The van der Waals surface area contributed by atoms with Gasteiger partial charge >= 0.3 is 0 Å². The van der Waals surface area contributed by atoms with Crippen molar-refractivity contribution in [1.82, 2.24) is 4.98 Å². The minimum absolute atomic E-state index is 0.253. The smallest absolute Gasteiger partial charge is 0.251 e. The summed E-state index contributed by atoms with van der Waals surface area (Å²) in [6, 6.07) is 13.1.